The van der Waals surface area contributed by atoms with Crippen molar-refractivity contribution < 1.29 is 4.79 Å². The molecule has 1 saturated heterocycles. The van der Waals surface area contributed by atoms with E-state index in [0.29, 0.717) is 5.56 Å². The zero-order valence-corrected chi connectivity index (χ0v) is 13.2. The van der Waals surface area contributed by atoms with Gasteiger partial charge in [0.1, 0.15) is 0 Å². The van der Waals surface area contributed by atoms with E-state index >= 15 is 0 Å². The van der Waals surface area contributed by atoms with Gasteiger partial charge in [-0.1, -0.05) is 18.2 Å². The zero-order valence-electron chi connectivity index (χ0n) is 13.2. The number of piperidine rings is 1. The van der Waals surface area contributed by atoms with Crippen molar-refractivity contribution in [3.8, 4) is 0 Å². The Morgan fingerprint density at radius 3 is 2.70 bits per heavy atom. The summed E-state index contributed by atoms with van der Waals surface area (Å²) >= 11 is 0. The van der Waals surface area contributed by atoms with Crippen molar-refractivity contribution in [2.24, 2.45) is 0 Å². The van der Waals surface area contributed by atoms with Gasteiger partial charge in [0, 0.05) is 31.5 Å². The maximum atomic E-state index is 12.9. The Morgan fingerprint density at radius 1 is 1.00 bits per heavy atom. The van der Waals surface area contributed by atoms with Crippen molar-refractivity contribution in [2.75, 3.05) is 29.4 Å². The summed E-state index contributed by atoms with van der Waals surface area (Å²) in [4.78, 5) is 21.5. The van der Waals surface area contributed by atoms with Gasteiger partial charge in [0.25, 0.3) is 5.91 Å². The lowest BCUT2D eigenvalue weighted by atomic mass is 10.1. The summed E-state index contributed by atoms with van der Waals surface area (Å²) in [6, 6.07) is 10.2. The third-order valence-corrected chi connectivity index (χ3v) is 4.82. The van der Waals surface area contributed by atoms with Crippen LogP contribution in [0.25, 0.3) is 0 Å². The molecule has 3 heterocycles. The molecule has 4 heteroatoms. The molecule has 2 aromatic rings. The normalized spacial score (nSPS) is 17.2. The average molecular weight is 307 g/mol. The molecule has 4 nitrogen and oxygen atoms in total. The first-order valence-electron chi connectivity index (χ1n) is 8.43. The third-order valence-electron chi connectivity index (χ3n) is 4.82. The maximum Gasteiger partial charge on any atom is 0.259 e. The van der Waals surface area contributed by atoms with E-state index in [0.717, 1.165) is 37.4 Å². The predicted octanol–water partition coefficient (Wildman–Crippen LogP) is 3.27. The van der Waals surface area contributed by atoms with Crippen molar-refractivity contribution in [1.82, 2.24) is 4.98 Å². The van der Waals surface area contributed by atoms with Crippen LogP contribution in [0.4, 0.5) is 11.4 Å². The van der Waals surface area contributed by atoms with Gasteiger partial charge in [0.2, 0.25) is 0 Å². The molecule has 23 heavy (non-hydrogen) atoms. The van der Waals surface area contributed by atoms with Crippen LogP contribution in [-0.4, -0.2) is 30.5 Å². The van der Waals surface area contributed by atoms with Gasteiger partial charge in [-0.25, -0.2) is 0 Å². The Morgan fingerprint density at radius 2 is 1.83 bits per heavy atom. The Kier molecular flexibility index (Phi) is 3.74. The van der Waals surface area contributed by atoms with E-state index < -0.39 is 0 Å². The number of rotatable bonds is 2. The van der Waals surface area contributed by atoms with E-state index in [4.69, 9.17) is 0 Å². The summed E-state index contributed by atoms with van der Waals surface area (Å²) in [7, 11) is 0. The fraction of sp³-hybridized carbons (Fsp3) is 0.368. The summed E-state index contributed by atoms with van der Waals surface area (Å²) in [5, 5.41) is 0. The number of fused-ring (bicyclic) bond motifs is 1. The zero-order chi connectivity index (χ0) is 15.6. The van der Waals surface area contributed by atoms with E-state index in [2.05, 4.69) is 16.0 Å². The first-order chi connectivity index (χ1) is 11.3. The van der Waals surface area contributed by atoms with Crippen LogP contribution in [0.5, 0.6) is 0 Å². The number of carbonyl (C=O) groups excluding carboxylic acids is 1. The number of amides is 1. The quantitative estimate of drug-likeness (QED) is 0.854. The van der Waals surface area contributed by atoms with Gasteiger partial charge in [0.05, 0.1) is 17.4 Å². The van der Waals surface area contributed by atoms with Gasteiger partial charge in [-0.15, -0.1) is 0 Å². The first kappa shape index (κ1) is 14.2. The Balaban J connectivity index is 1.60. The lowest BCUT2D eigenvalue weighted by molar-refractivity contribution is 0.0989. The highest BCUT2D eigenvalue weighted by Crippen LogP contribution is 2.29. The molecular weight excluding hydrogens is 286 g/mol. The van der Waals surface area contributed by atoms with E-state index in [1.54, 1.807) is 6.20 Å². The number of carbonyl (C=O) groups is 1. The van der Waals surface area contributed by atoms with Gasteiger partial charge in [0.15, 0.2) is 0 Å². The molecule has 2 aliphatic rings. The summed E-state index contributed by atoms with van der Waals surface area (Å²) in [5.41, 5.74) is 4.05. The van der Waals surface area contributed by atoms with E-state index in [1.165, 1.54) is 24.8 Å². The largest absolute Gasteiger partial charge is 0.370 e. The van der Waals surface area contributed by atoms with Crippen LogP contribution in [0, 0.1) is 0 Å². The van der Waals surface area contributed by atoms with Crippen molar-refractivity contribution in [3.05, 3.63) is 53.9 Å². The summed E-state index contributed by atoms with van der Waals surface area (Å²) in [5.74, 6) is 0.0568. The van der Waals surface area contributed by atoms with Gasteiger partial charge in [-0.05, 0) is 43.4 Å². The van der Waals surface area contributed by atoms with Gasteiger partial charge < -0.3 is 9.80 Å². The average Bonchev–Trinajstić information content (AvgIpc) is 3.06. The Hall–Kier alpha value is -2.36. The lowest BCUT2D eigenvalue weighted by Crippen LogP contribution is -2.31. The van der Waals surface area contributed by atoms with Gasteiger partial charge in [-0.2, -0.15) is 0 Å². The number of aromatic nitrogens is 1. The molecule has 0 bridgehead atoms. The molecule has 0 spiro atoms. The SMILES string of the molecule is O=C(c1cncc(N2CCCCC2)c1)N1CCc2ccccc21. The molecule has 0 atom stereocenters. The standard InChI is InChI=1S/C19H21N3O/c23-19(22-11-8-15-6-2-3-7-18(15)22)16-12-17(14-20-13-16)21-9-4-1-5-10-21/h2-3,6-7,12-14H,1,4-5,8-11H2. The summed E-state index contributed by atoms with van der Waals surface area (Å²) < 4.78 is 0. The maximum absolute atomic E-state index is 12.9. The van der Waals surface area contributed by atoms with Crippen LogP contribution >= 0.6 is 0 Å². The molecule has 2 aliphatic heterocycles. The van der Waals surface area contributed by atoms with Gasteiger partial charge in [-0.3, -0.25) is 9.78 Å². The highest BCUT2D eigenvalue weighted by Gasteiger charge is 2.25. The second kappa shape index (κ2) is 6.03. The van der Waals surface area contributed by atoms with E-state index in [-0.39, 0.29) is 5.91 Å². The molecule has 1 aromatic carbocycles. The Bertz CT molecular complexity index is 722. The molecule has 0 unspecified atom stereocenters. The molecular formula is C19H21N3O. The van der Waals surface area contributed by atoms with Crippen LogP contribution in [0.1, 0.15) is 35.2 Å². The molecule has 0 saturated carbocycles. The number of para-hydroxylation sites is 1. The van der Waals surface area contributed by atoms with Crippen molar-refractivity contribution in [2.45, 2.75) is 25.7 Å². The molecule has 1 fully saturated rings. The number of hydrogen-bond donors (Lipinski definition) is 0. The highest BCUT2D eigenvalue weighted by molar-refractivity contribution is 6.07. The number of pyridine rings is 1. The van der Waals surface area contributed by atoms with Crippen LogP contribution in [0.2, 0.25) is 0 Å². The number of hydrogen-bond acceptors (Lipinski definition) is 3. The first-order valence-corrected chi connectivity index (χ1v) is 8.43. The molecule has 4 rings (SSSR count). The number of nitrogens with zero attached hydrogens (tertiary/aromatic N) is 3. The topological polar surface area (TPSA) is 36.4 Å². The molecule has 118 valence electrons. The summed E-state index contributed by atoms with van der Waals surface area (Å²) in [6.45, 7) is 2.88. The minimum atomic E-state index is 0.0568. The van der Waals surface area contributed by atoms with Crippen LogP contribution in [-0.2, 0) is 6.42 Å². The molecule has 0 radical (unpaired) electrons. The third kappa shape index (κ3) is 2.69. The second-order valence-electron chi connectivity index (χ2n) is 6.32. The van der Waals surface area contributed by atoms with Crippen molar-refractivity contribution in [1.29, 1.82) is 0 Å². The molecule has 1 amide bonds. The predicted molar refractivity (Wildman–Crippen MR) is 92.1 cm³/mol. The molecule has 0 aliphatic carbocycles. The van der Waals surface area contributed by atoms with Crippen LogP contribution in [0.15, 0.2) is 42.7 Å². The van der Waals surface area contributed by atoms with Crippen molar-refractivity contribution >= 4 is 17.3 Å². The van der Waals surface area contributed by atoms with E-state index in [9.17, 15) is 4.79 Å². The minimum Gasteiger partial charge on any atom is -0.370 e. The Labute approximate surface area is 136 Å². The number of anilines is 2. The fourth-order valence-electron chi connectivity index (χ4n) is 3.57. The van der Waals surface area contributed by atoms with E-state index in [1.807, 2.05) is 35.4 Å². The molecule has 1 aromatic heterocycles. The minimum absolute atomic E-state index is 0.0568. The monoisotopic (exact) mass is 307 g/mol. The highest BCUT2D eigenvalue weighted by atomic mass is 16.2. The summed E-state index contributed by atoms with van der Waals surface area (Å²) in [6.07, 6.45) is 8.24. The smallest absolute Gasteiger partial charge is 0.259 e. The molecule has 0 N–H and O–H groups in total. The fourth-order valence-corrected chi connectivity index (χ4v) is 3.57. The lowest BCUT2D eigenvalue weighted by Gasteiger charge is -2.28. The van der Waals surface area contributed by atoms with Crippen LogP contribution in [0.3, 0.4) is 0 Å². The second-order valence-corrected chi connectivity index (χ2v) is 6.32. The number of benzene rings is 1. The van der Waals surface area contributed by atoms with Crippen LogP contribution < -0.4 is 9.80 Å². The van der Waals surface area contributed by atoms with Gasteiger partial charge >= 0.3 is 0 Å². The van der Waals surface area contributed by atoms with Crippen molar-refractivity contribution in [3.63, 3.8) is 0 Å².